The van der Waals surface area contributed by atoms with Gasteiger partial charge in [0.05, 0.1) is 12.5 Å². The summed E-state index contributed by atoms with van der Waals surface area (Å²) in [4.78, 5) is 11.9. The van der Waals surface area contributed by atoms with Crippen LogP contribution in [0.5, 0.6) is 0 Å². The van der Waals surface area contributed by atoms with Gasteiger partial charge in [-0.15, -0.1) is 0 Å². The standard InChI is InChI=1S/C15H22BrNO2/c1-11(18)9-15(2,3)10-17-14(19)8-12-5-4-6-13(16)7-12/h4-7,11,18H,8-10H2,1-3H3,(H,17,19). The number of benzene rings is 1. The van der Waals surface area contributed by atoms with E-state index in [2.05, 4.69) is 21.2 Å². The molecule has 106 valence electrons. The summed E-state index contributed by atoms with van der Waals surface area (Å²) < 4.78 is 0.979. The second kappa shape index (κ2) is 7.06. The Hall–Kier alpha value is -0.870. The summed E-state index contributed by atoms with van der Waals surface area (Å²) in [5.74, 6) is 0.0109. The molecule has 0 aliphatic carbocycles. The van der Waals surface area contributed by atoms with Gasteiger partial charge in [-0.2, -0.15) is 0 Å². The van der Waals surface area contributed by atoms with Crippen LogP contribution in [0.3, 0.4) is 0 Å². The normalized spacial score (nSPS) is 13.1. The molecule has 0 spiro atoms. The molecule has 0 aliphatic rings. The zero-order chi connectivity index (χ0) is 14.5. The van der Waals surface area contributed by atoms with Crippen LogP contribution in [0.15, 0.2) is 28.7 Å². The number of hydrogen-bond donors (Lipinski definition) is 2. The van der Waals surface area contributed by atoms with Gasteiger partial charge in [0, 0.05) is 11.0 Å². The molecule has 2 N–H and O–H groups in total. The summed E-state index contributed by atoms with van der Waals surface area (Å²) in [5, 5.41) is 12.3. The van der Waals surface area contributed by atoms with Crippen LogP contribution in [-0.4, -0.2) is 23.7 Å². The monoisotopic (exact) mass is 327 g/mol. The van der Waals surface area contributed by atoms with E-state index in [1.165, 1.54) is 0 Å². The lowest BCUT2D eigenvalue weighted by molar-refractivity contribution is -0.121. The summed E-state index contributed by atoms with van der Waals surface area (Å²) in [6.07, 6.45) is 0.700. The first-order valence-corrected chi connectivity index (χ1v) is 7.27. The van der Waals surface area contributed by atoms with Gasteiger partial charge in [0.1, 0.15) is 0 Å². The van der Waals surface area contributed by atoms with Crippen molar-refractivity contribution in [1.29, 1.82) is 0 Å². The number of hydrogen-bond acceptors (Lipinski definition) is 2. The molecule has 0 radical (unpaired) electrons. The van der Waals surface area contributed by atoms with E-state index in [9.17, 15) is 9.90 Å². The van der Waals surface area contributed by atoms with E-state index in [-0.39, 0.29) is 17.4 Å². The number of aliphatic hydroxyl groups excluding tert-OH is 1. The maximum absolute atomic E-state index is 11.9. The lowest BCUT2D eigenvalue weighted by Gasteiger charge is -2.26. The molecule has 0 bridgehead atoms. The first kappa shape index (κ1) is 16.2. The van der Waals surface area contributed by atoms with E-state index in [0.717, 1.165) is 10.0 Å². The number of nitrogens with one attached hydrogen (secondary N) is 1. The minimum Gasteiger partial charge on any atom is -0.393 e. The maximum atomic E-state index is 11.9. The van der Waals surface area contributed by atoms with Crippen molar-refractivity contribution in [2.45, 2.75) is 39.7 Å². The van der Waals surface area contributed by atoms with Crippen molar-refractivity contribution in [2.75, 3.05) is 6.54 Å². The molecule has 1 atom stereocenters. The van der Waals surface area contributed by atoms with E-state index in [0.29, 0.717) is 19.4 Å². The van der Waals surface area contributed by atoms with Gasteiger partial charge >= 0.3 is 0 Å². The molecule has 19 heavy (non-hydrogen) atoms. The summed E-state index contributed by atoms with van der Waals surface area (Å²) in [7, 11) is 0. The van der Waals surface area contributed by atoms with Crippen LogP contribution >= 0.6 is 15.9 Å². The number of rotatable bonds is 6. The average Bonchev–Trinajstić information content (AvgIpc) is 2.25. The molecule has 1 unspecified atom stereocenters. The van der Waals surface area contributed by atoms with Crippen molar-refractivity contribution in [1.82, 2.24) is 5.32 Å². The van der Waals surface area contributed by atoms with Gasteiger partial charge < -0.3 is 10.4 Å². The van der Waals surface area contributed by atoms with Gasteiger partial charge in [0.2, 0.25) is 5.91 Å². The van der Waals surface area contributed by atoms with E-state index in [1.54, 1.807) is 6.92 Å². The van der Waals surface area contributed by atoms with Gasteiger partial charge in [-0.3, -0.25) is 4.79 Å². The fraction of sp³-hybridized carbons (Fsp3) is 0.533. The molecular formula is C15H22BrNO2. The molecule has 0 aliphatic heterocycles. The SMILES string of the molecule is CC(O)CC(C)(C)CNC(=O)Cc1cccc(Br)c1. The molecule has 3 nitrogen and oxygen atoms in total. The van der Waals surface area contributed by atoms with Crippen molar-refractivity contribution >= 4 is 21.8 Å². The van der Waals surface area contributed by atoms with Crippen molar-refractivity contribution in [3.05, 3.63) is 34.3 Å². The Balaban J connectivity index is 2.44. The topological polar surface area (TPSA) is 49.3 Å². The van der Waals surface area contributed by atoms with Crippen molar-refractivity contribution in [2.24, 2.45) is 5.41 Å². The van der Waals surface area contributed by atoms with Gasteiger partial charge in [-0.25, -0.2) is 0 Å². The minimum absolute atomic E-state index is 0.0109. The summed E-state index contributed by atoms with van der Waals surface area (Å²) >= 11 is 3.39. The third-order valence-corrected chi connectivity index (χ3v) is 3.36. The first-order chi connectivity index (χ1) is 8.78. The van der Waals surface area contributed by atoms with Crippen LogP contribution in [-0.2, 0) is 11.2 Å². The quantitative estimate of drug-likeness (QED) is 0.844. The minimum atomic E-state index is -0.350. The summed E-state index contributed by atoms with van der Waals surface area (Å²) in [6, 6.07) is 7.74. The lowest BCUT2D eigenvalue weighted by atomic mass is 9.87. The van der Waals surface area contributed by atoms with Crippen molar-refractivity contribution in [3.63, 3.8) is 0 Å². The lowest BCUT2D eigenvalue weighted by Crippen LogP contribution is -2.36. The zero-order valence-electron chi connectivity index (χ0n) is 11.7. The third kappa shape index (κ3) is 6.73. The van der Waals surface area contributed by atoms with Crippen LogP contribution in [0.25, 0.3) is 0 Å². The smallest absolute Gasteiger partial charge is 0.224 e. The fourth-order valence-corrected chi connectivity index (χ4v) is 2.55. The fourth-order valence-electron chi connectivity index (χ4n) is 2.10. The predicted octanol–water partition coefficient (Wildman–Crippen LogP) is 2.90. The highest BCUT2D eigenvalue weighted by Gasteiger charge is 2.21. The highest BCUT2D eigenvalue weighted by atomic mass is 79.9. The van der Waals surface area contributed by atoms with Gasteiger partial charge in [0.15, 0.2) is 0 Å². The Kier molecular flexibility index (Phi) is 6.01. The van der Waals surface area contributed by atoms with Crippen LogP contribution in [0.2, 0.25) is 0 Å². The van der Waals surface area contributed by atoms with Crippen LogP contribution in [0, 0.1) is 5.41 Å². The maximum Gasteiger partial charge on any atom is 0.224 e. The largest absolute Gasteiger partial charge is 0.393 e. The van der Waals surface area contributed by atoms with Crippen LogP contribution in [0.4, 0.5) is 0 Å². The van der Waals surface area contributed by atoms with Gasteiger partial charge in [-0.05, 0) is 36.5 Å². The molecular weight excluding hydrogens is 306 g/mol. The van der Waals surface area contributed by atoms with E-state index < -0.39 is 0 Å². The summed E-state index contributed by atoms with van der Waals surface area (Å²) in [6.45, 7) is 6.42. The number of aliphatic hydroxyl groups is 1. The van der Waals surface area contributed by atoms with E-state index >= 15 is 0 Å². The predicted molar refractivity (Wildman–Crippen MR) is 80.9 cm³/mol. The molecule has 1 aromatic carbocycles. The van der Waals surface area contributed by atoms with Gasteiger partial charge in [0.25, 0.3) is 0 Å². The Bertz CT molecular complexity index is 430. The average molecular weight is 328 g/mol. The van der Waals surface area contributed by atoms with Gasteiger partial charge in [-0.1, -0.05) is 41.9 Å². The molecule has 1 rings (SSSR count). The summed E-state index contributed by atoms with van der Waals surface area (Å²) in [5.41, 5.74) is 0.890. The highest BCUT2D eigenvalue weighted by molar-refractivity contribution is 9.10. The Morgan fingerprint density at radius 3 is 2.74 bits per heavy atom. The molecule has 1 amide bonds. The molecule has 0 saturated heterocycles. The van der Waals surface area contributed by atoms with Crippen LogP contribution in [0.1, 0.15) is 32.8 Å². The second-order valence-corrected chi connectivity index (χ2v) is 6.72. The second-order valence-electron chi connectivity index (χ2n) is 5.80. The molecule has 0 heterocycles. The highest BCUT2D eigenvalue weighted by Crippen LogP contribution is 2.21. The molecule has 1 aromatic rings. The van der Waals surface area contributed by atoms with E-state index in [1.807, 2.05) is 38.1 Å². The molecule has 4 heteroatoms. The Morgan fingerprint density at radius 1 is 1.47 bits per heavy atom. The third-order valence-electron chi connectivity index (χ3n) is 2.87. The molecule has 0 saturated carbocycles. The number of carbonyl (C=O) groups excluding carboxylic acids is 1. The van der Waals surface area contributed by atoms with Crippen LogP contribution < -0.4 is 5.32 Å². The van der Waals surface area contributed by atoms with Crippen molar-refractivity contribution in [3.8, 4) is 0 Å². The Labute approximate surface area is 123 Å². The number of carbonyl (C=O) groups is 1. The molecule has 0 aromatic heterocycles. The zero-order valence-corrected chi connectivity index (χ0v) is 13.3. The van der Waals surface area contributed by atoms with Crippen molar-refractivity contribution < 1.29 is 9.90 Å². The molecule has 0 fully saturated rings. The van der Waals surface area contributed by atoms with E-state index in [4.69, 9.17) is 0 Å². The number of halogens is 1. The number of amides is 1. The first-order valence-electron chi connectivity index (χ1n) is 6.48. The Morgan fingerprint density at radius 2 is 2.16 bits per heavy atom.